The predicted octanol–water partition coefficient (Wildman–Crippen LogP) is 0.470. The molecule has 4 N–H and O–H groups in total. The van der Waals surface area contributed by atoms with Crippen LogP contribution in [0.3, 0.4) is 0 Å². The first-order valence-corrected chi connectivity index (χ1v) is 5.33. The molecule has 6 nitrogen and oxygen atoms in total. The minimum absolute atomic E-state index is 0.0697. The maximum absolute atomic E-state index is 11.7. The Kier molecular flexibility index (Phi) is 4.93. The highest BCUT2D eigenvalue weighted by molar-refractivity contribution is 6.01. The zero-order valence-electron chi connectivity index (χ0n) is 9.63. The van der Waals surface area contributed by atoms with Crippen LogP contribution in [0.4, 0.5) is 0 Å². The summed E-state index contributed by atoms with van der Waals surface area (Å²) in [7, 11) is 0. The zero-order chi connectivity index (χ0) is 12.7. The van der Waals surface area contributed by atoms with Gasteiger partial charge in [-0.05, 0) is 24.1 Å². The molecule has 1 heterocycles. The highest BCUT2D eigenvalue weighted by Gasteiger charge is 2.20. The SMILES string of the molecule is CCC(C(=O)NCc1ccncc1)C(N)=NO. The van der Waals surface area contributed by atoms with Gasteiger partial charge in [-0.1, -0.05) is 12.1 Å². The Bertz CT molecular complexity index is 392. The van der Waals surface area contributed by atoms with Crippen molar-refractivity contribution in [2.24, 2.45) is 16.8 Å². The number of aromatic nitrogens is 1. The molecule has 0 aliphatic heterocycles. The highest BCUT2D eigenvalue weighted by atomic mass is 16.4. The first-order chi connectivity index (χ1) is 8.19. The molecule has 1 atom stereocenters. The Morgan fingerprint density at radius 3 is 2.76 bits per heavy atom. The molecule has 0 spiro atoms. The molecule has 0 aromatic carbocycles. The number of amidine groups is 1. The van der Waals surface area contributed by atoms with Crippen molar-refractivity contribution in [3.8, 4) is 0 Å². The normalized spacial score (nSPS) is 13.1. The third-order valence-electron chi connectivity index (χ3n) is 2.41. The molecule has 92 valence electrons. The highest BCUT2D eigenvalue weighted by Crippen LogP contribution is 2.04. The van der Waals surface area contributed by atoms with Gasteiger partial charge >= 0.3 is 0 Å². The zero-order valence-corrected chi connectivity index (χ0v) is 9.63. The summed E-state index contributed by atoms with van der Waals surface area (Å²) in [5.41, 5.74) is 6.37. The Morgan fingerprint density at radius 2 is 2.24 bits per heavy atom. The number of carbonyl (C=O) groups excluding carboxylic acids is 1. The fourth-order valence-corrected chi connectivity index (χ4v) is 1.41. The Balaban J connectivity index is 2.54. The van der Waals surface area contributed by atoms with Crippen LogP contribution in [0, 0.1) is 5.92 Å². The molecule has 0 saturated carbocycles. The van der Waals surface area contributed by atoms with Crippen molar-refractivity contribution in [2.75, 3.05) is 0 Å². The molecule has 0 bridgehead atoms. The second-order valence-corrected chi connectivity index (χ2v) is 3.56. The van der Waals surface area contributed by atoms with Gasteiger partial charge in [0.05, 0.1) is 5.92 Å². The Morgan fingerprint density at radius 1 is 1.59 bits per heavy atom. The Hall–Kier alpha value is -2.11. The Labute approximate surface area is 99.5 Å². The van der Waals surface area contributed by atoms with E-state index in [-0.39, 0.29) is 11.7 Å². The minimum Gasteiger partial charge on any atom is -0.409 e. The average Bonchev–Trinajstić information content (AvgIpc) is 2.38. The van der Waals surface area contributed by atoms with E-state index in [1.165, 1.54) is 0 Å². The molecule has 1 rings (SSSR count). The monoisotopic (exact) mass is 236 g/mol. The van der Waals surface area contributed by atoms with Gasteiger partial charge in [0.2, 0.25) is 5.91 Å². The molecular weight excluding hydrogens is 220 g/mol. The number of nitrogens with zero attached hydrogens (tertiary/aromatic N) is 2. The van der Waals surface area contributed by atoms with Crippen LogP contribution in [0.25, 0.3) is 0 Å². The van der Waals surface area contributed by atoms with E-state index in [4.69, 9.17) is 10.9 Å². The van der Waals surface area contributed by atoms with Crippen molar-refractivity contribution < 1.29 is 10.0 Å². The van der Waals surface area contributed by atoms with E-state index < -0.39 is 5.92 Å². The summed E-state index contributed by atoms with van der Waals surface area (Å²) < 4.78 is 0. The van der Waals surface area contributed by atoms with E-state index in [1.54, 1.807) is 19.3 Å². The van der Waals surface area contributed by atoms with Crippen LogP contribution in [-0.2, 0) is 11.3 Å². The second kappa shape index (κ2) is 6.47. The van der Waals surface area contributed by atoms with Gasteiger partial charge in [-0.2, -0.15) is 0 Å². The molecule has 6 heteroatoms. The maximum Gasteiger partial charge on any atom is 0.231 e. The molecule has 0 aliphatic rings. The van der Waals surface area contributed by atoms with Gasteiger partial charge in [-0.25, -0.2) is 0 Å². The molecule has 1 aromatic rings. The van der Waals surface area contributed by atoms with Gasteiger partial charge in [0, 0.05) is 18.9 Å². The second-order valence-electron chi connectivity index (χ2n) is 3.56. The third-order valence-corrected chi connectivity index (χ3v) is 2.41. The van der Waals surface area contributed by atoms with Gasteiger partial charge in [-0.15, -0.1) is 0 Å². The molecule has 0 radical (unpaired) electrons. The summed E-state index contributed by atoms with van der Waals surface area (Å²) >= 11 is 0. The van der Waals surface area contributed by atoms with Crippen LogP contribution >= 0.6 is 0 Å². The molecule has 1 amide bonds. The number of hydrogen-bond acceptors (Lipinski definition) is 4. The van der Waals surface area contributed by atoms with Crippen molar-refractivity contribution >= 4 is 11.7 Å². The lowest BCUT2D eigenvalue weighted by Gasteiger charge is -2.13. The summed E-state index contributed by atoms with van der Waals surface area (Å²) in [6.45, 7) is 2.20. The smallest absolute Gasteiger partial charge is 0.231 e. The fourth-order valence-electron chi connectivity index (χ4n) is 1.41. The van der Waals surface area contributed by atoms with E-state index >= 15 is 0 Å². The number of carbonyl (C=O) groups is 1. The van der Waals surface area contributed by atoms with Gasteiger partial charge in [0.1, 0.15) is 0 Å². The third kappa shape index (κ3) is 3.75. The summed E-state index contributed by atoms with van der Waals surface area (Å²) in [6, 6.07) is 3.62. The quantitative estimate of drug-likeness (QED) is 0.299. The largest absolute Gasteiger partial charge is 0.409 e. The van der Waals surface area contributed by atoms with Crippen molar-refractivity contribution in [1.29, 1.82) is 0 Å². The minimum atomic E-state index is -0.596. The molecule has 17 heavy (non-hydrogen) atoms. The van der Waals surface area contributed by atoms with E-state index in [0.717, 1.165) is 5.56 Å². The average molecular weight is 236 g/mol. The van der Waals surface area contributed by atoms with Crippen LogP contribution in [0.5, 0.6) is 0 Å². The number of oxime groups is 1. The number of hydrogen-bond donors (Lipinski definition) is 3. The topological polar surface area (TPSA) is 101 Å². The lowest BCUT2D eigenvalue weighted by molar-refractivity contribution is -0.123. The van der Waals surface area contributed by atoms with E-state index in [1.807, 2.05) is 12.1 Å². The molecule has 1 aromatic heterocycles. The number of amides is 1. The number of nitrogens with one attached hydrogen (secondary N) is 1. The van der Waals surface area contributed by atoms with Crippen LogP contribution in [-0.4, -0.2) is 21.9 Å². The molecule has 0 aliphatic carbocycles. The van der Waals surface area contributed by atoms with Gasteiger partial charge in [0.15, 0.2) is 5.84 Å². The lowest BCUT2D eigenvalue weighted by atomic mass is 10.0. The van der Waals surface area contributed by atoms with Gasteiger partial charge in [0.25, 0.3) is 0 Å². The predicted molar refractivity (Wildman–Crippen MR) is 63.3 cm³/mol. The summed E-state index contributed by atoms with van der Waals surface area (Å²) in [4.78, 5) is 15.6. The summed E-state index contributed by atoms with van der Waals surface area (Å²) in [5, 5.41) is 14.1. The van der Waals surface area contributed by atoms with Crippen molar-refractivity contribution in [3.05, 3.63) is 30.1 Å². The molecular formula is C11H16N4O2. The van der Waals surface area contributed by atoms with E-state index in [9.17, 15) is 4.79 Å². The summed E-state index contributed by atoms with van der Waals surface area (Å²) in [6.07, 6.45) is 3.79. The standard InChI is InChI=1S/C11H16N4O2/c1-2-9(10(12)15-17)11(16)14-7-8-3-5-13-6-4-8/h3-6,9,17H,2,7H2,1H3,(H2,12,15)(H,14,16). The van der Waals surface area contributed by atoms with Gasteiger partial charge < -0.3 is 16.3 Å². The molecule has 0 saturated heterocycles. The maximum atomic E-state index is 11.7. The van der Waals surface area contributed by atoms with E-state index in [0.29, 0.717) is 13.0 Å². The van der Waals surface area contributed by atoms with Crippen molar-refractivity contribution in [3.63, 3.8) is 0 Å². The number of rotatable bonds is 5. The van der Waals surface area contributed by atoms with Crippen LogP contribution in [0.15, 0.2) is 29.7 Å². The summed E-state index contributed by atoms with van der Waals surface area (Å²) in [5.74, 6) is -0.916. The van der Waals surface area contributed by atoms with Gasteiger partial charge in [-0.3, -0.25) is 9.78 Å². The van der Waals surface area contributed by atoms with Crippen LogP contribution in [0.2, 0.25) is 0 Å². The van der Waals surface area contributed by atoms with Crippen molar-refractivity contribution in [2.45, 2.75) is 19.9 Å². The number of nitrogens with two attached hydrogens (primary N) is 1. The van der Waals surface area contributed by atoms with E-state index in [2.05, 4.69) is 15.5 Å². The van der Waals surface area contributed by atoms with Crippen LogP contribution in [0.1, 0.15) is 18.9 Å². The first kappa shape index (κ1) is 13.0. The lowest BCUT2D eigenvalue weighted by Crippen LogP contribution is -2.38. The fraction of sp³-hybridized carbons (Fsp3) is 0.364. The van der Waals surface area contributed by atoms with Crippen LogP contribution < -0.4 is 11.1 Å². The van der Waals surface area contributed by atoms with Crippen molar-refractivity contribution in [1.82, 2.24) is 10.3 Å². The molecule has 1 unspecified atom stereocenters. The first-order valence-electron chi connectivity index (χ1n) is 5.33. The molecule has 0 fully saturated rings. The number of pyridine rings is 1.